The second-order valence-electron chi connectivity index (χ2n) is 5.50. The minimum absolute atomic E-state index is 0.341. The van der Waals surface area contributed by atoms with Gasteiger partial charge in [-0.15, -0.1) is 6.58 Å². The molecule has 3 atom stereocenters. The van der Waals surface area contributed by atoms with E-state index >= 15 is 0 Å². The highest BCUT2D eigenvalue weighted by atomic mass is 16.1. The Morgan fingerprint density at radius 3 is 2.86 bits per heavy atom. The Bertz CT molecular complexity index is 264. The maximum Gasteiger partial charge on any atom is 0.136 e. The molecule has 1 nitrogen and oxygen atoms in total. The van der Waals surface area contributed by atoms with Gasteiger partial charge in [0.25, 0.3) is 0 Å². The van der Waals surface area contributed by atoms with Gasteiger partial charge in [-0.1, -0.05) is 19.9 Å². The fraction of sp³-hybridized carbons (Fsp3) is 0.769. The third kappa shape index (κ3) is 1.25. The predicted octanol–water partition coefficient (Wildman–Crippen LogP) is 3.20. The monoisotopic (exact) mass is 192 g/mol. The number of fused-ring (bicyclic) bond motifs is 2. The zero-order valence-corrected chi connectivity index (χ0v) is 9.25. The highest BCUT2D eigenvalue weighted by molar-refractivity contribution is 5.83. The Kier molecular flexibility index (Phi) is 2.29. The first-order valence-corrected chi connectivity index (χ1v) is 5.71. The van der Waals surface area contributed by atoms with Gasteiger partial charge in [0.2, 0.25) is 0 Å². The van der Waals surface area contributed by atoms with Crippen LogP contribution in [0.4, 0.5) is 0 Å². The first-order chi connectivity index (χ1) is 6.57. The number of carbonyl (C=O) groups is 1. The first-order valence-electron chi connectivity index (χ1n) is 5.71. The van der Waals surface area contributed by atoms with E-state index in [2.05, 4.69) is 20.4 Å². The van der Waals surface area contributed by atoms with E-state index in [1.165, 1.54) is 6.42 Å². The zero-order valence-electron chi connectivity index (χ0n) is 9.25. The lowest BCUT2D eigenvalue weighted by Crippen LogP contribution is -2.55. The van der Waals surface area contributed by atoms with Crippen molar-refractivity contribution in [3.8, 4) is 0 Å². The summed E-state index contributed by atoms with van der Waals surface area (Å²) in [4.78, 5) is 11.8. The number of rotatable bonds is 3. The van der Waals surface area contributed by atoms with E-state index in [9.17, 15) is 4.79 Å². The molecule has 0 spiro atoms. The topological polar surface area (TPSA) is 17.1 Å². The van der Waals surface area contributed by atoms with Gasteiger partial charge in [0.15, 0.2) is 0 Å². The number of hydrogen-bond donors (Lipinski definition) is 0. The Balaban J connectivity index is 2.07. The molecule has 14 heavy (non-hydrogen) atoms. The Morgan fingerprint density at radius 1 is 1.57 bits per heavy atom. The summed E-state index contributed by atoms with van der Waals surface area (Å²) in [6.45, 7) is 8.40. The van der Waals surface area contributed by atoms with E-state index in [1.807, 2.05) is 6.08 Å². The van der Waals surface area contributed by atoms with Gasteiger partial charge in [0, 0.05) is 12.3 Å². The number of carbonyl (C=O) groups excluding carboxylic acids is 1. The Morgan fingerprint density at radius 2 is 2.29 bits per heavy atom. The minimum atomic E-state index is 0.341. The van der Waals surface area contributed by atoms with E-state index in [-0.39, 0.29) is 0 Å². The number of Topliss-reactive ketones (excluding diaryl/α,β-unsaturated/α-hetero) is 1. The molecule has 3 unspecified atom stereocenters. The van der Waals surface area contributed by atoms with Crippen molar-refractivity contribution in [1.29, 1.82) is 0 Å². The van der Waals surface area contributed by atoms with Crippen molar-refractivity contribution in [2.24, 2.45) is 23.2 Å². The molecule has 0 heterocycles. The minimum Gasteiger partial charge on any atom is -0.299 e. The molecule has 0 saturated heterocycles. The second kappa shape index (κ2) is 3.22. The van der Waals surface area contributed by atoms with E-state index in [0.29, 0.717) is 29.0 Å². The van der Waals surface area contributed by atoms with Crippen LogP contribution in [0.1, 0.15) is 39.5 Å². The van der Waals surface area contributed by atoms with Crippen LogP contribution >= 0.6 is 0 Å². The molecule has 0 aromatic rings. The Labute approximate surface area is 86.6 Å². The number of hydrogen-bond acceptors (Lipinski definition) is 1. The maximum atomic E-state index is 11.8. The molecule has 0 N–H and O–H groups in total. The predicted molar refractivity (Wildman–Crippen MR) is 57.9 cm³/mol. The molecule has 0 radical (unpaired) electrons. The molecule has 0 aromatic heterocycles. The van der Waals surface area contributed by atoms with E-state index in [1.54, 1.807) is 0 Å². The molecule has 3 saturated carbocycles. The van der Waals surface area contributed by atoms with Crippen LogP contribution in [0, 0.1) is 23.2 Å². The number of allylic oxidation sites excluding steroid dienone is 1. The van der Waals surface area contributed by atoms with Gasteiger partial charge in [-0.3, -0.25) is 4.79 Å². The van der Waals surface area contributed by atoms with E-state index < -0.39 is 0 Å². The van der Waals surface area contributed by atoms with Gasteiger partial charge >= 0.3 is 0 Å². The molecule has 1 heteroatoms. The molecule has 3 rings (SSSR count). The summed E-state index contributed by atoms with van der Waals surface area (Å²) >= 11 is 0. The first kappa shape index (κ1) is 9.95. The van der Waals surface area contributed by atoms with Crippen LogP contribution in [0.15, 0.2) is 12.7 Å². The van der Waals surface area contributed by atoms with Crippen molar-refractivity contribution in [3.05, 3.63) is 12.7 Å². The average molecular weight is 192 g/mol. The van der Waals surface area contributed by atoms with Crippen LogP contribution in [0.2, 0.25) is 0 Å². The standard InChI is InChI=1S/C13H20O/c1-4-5-6-10-11-7-9(8-12(10)14)13(11,2)3/h4,9-11H,1,5-8H2,2-3H3. The van der Waals surface area contributed by atoms with Crippen molar-refractivity contribution in [1.82, 2.24) is 0 Å². The van der Waals surface area contributed by atoms with Gasteiger partial charge < -0.3 is 0 Å². The van der Waals surface area contributed by atoms with Crippen molar-refractivity contribution in [3.63, 3.8) is 0 Å². The Hall–Kier alpha value is -0.590. The fourth-order valence-corrected chi connectivity index (χ4v) is 3.36. The zero-order chi connectivity index (χ0) is 10.3. The van der Waals surface area contributed by atoms with Crippen molar-refractivity contribution >= 4 is 5.78 Å². The molecule has 0 aromatic carbocycles. The maximum absolute atomic E-state index is 11.8. The smallest absolute Gasteiger partial charge is 0.136 e. The molecular formula is C13H20O. The molecule has 3 aliphatic rings. The third-order valence-electron chi connectivity index (χ3n) is 4.57. The SMILES string of the molecule is C=CCCC1C(=O)CC2CC1C2(C)C. The van der Waals surface area contributed by atoms with Crippen LogP contribution in [0.3, 0.4) is 0 Å². The van der Waals surface area contributed by atoms with Crippen LogP contribution in [-0.4, -0.2) is 5.78 Å². The van der Waals surface area contributed by atoms with E-state index in [4.69, 9.17) is 0 Å². The van der Waals surface area contributed by atoms with Crippen LogP contribution < -0.4 is 0 Å². The van der Waals surface area contributed by atoms with E-state index in [0.717, 1.165) is 19.3 Å². The summed E-state index contributed by atoms with van der Waals surface area (Å²) in [5, 5.41) is 0. The number of ketones is 1. The van der Waals surface area contributed by atoms with Crippen molar-refractivity contribution < 1.29 is 4.79 Å². The largest absolute Gasteiger partial charge is 0.299 e. The molecular weight excluding hydrogens is 172 g/mol. The molecule has 3 aliphatic carbocycles. The van der Waals surface area contributed by atoms with Crippen molar-refractivity contribution in [2.75, 3.05) is 0 Å². The summed E-state index contributed by atoms with van der Waals surface area (Å²) in [5.41, 5.74) is 0.430. The highest BCUT2D eigenvalue weighted by Crippen LogP contribution is 2.60. The summed E-state index contributed by atoms with van der Waals surface area (Å²) in [6.07, 6.45) is 6.09. The molecule has 0 aliphatic heterocycles. The van der Waals surface area contributed by atoms with Crippen LogP contribution in [-0.2, 0) is 4.79 Å². The molecule has 2 bridgehead atoms. The van der Waals surface area contributed by atoms with Gasteiger partial charge in [-0.05, 0) is 36.5 Å². The van der Waals surface area contributed by atoms with Gasteiger partial charge in [-0.25, -0.2) is 0 Å². The molecule has 0 amide bonds. The van der Waals surface area contributed by atoms with Gasteiger partial charge in [0.05, 0.1) is 0 Å². The van der Waals surface area contributed by atoms with Crippen molar-refractivity contribution in [2.45, 2.75) is 39.5 Å². The van der Waals surface area contributed by atoms with Gasteiger partial charge in [0.1, 0.15) is 5.78 Å². The molecule has 3 fully saturated rings. The lowest BCUT2D eigenvalue weighted by atomic mass is 9.45. The van der Waals surface area contributed by atoms with Gasteiger partial charge in [-0.2, -0.15) is 0 Å². The third-order valence-corrected chi connectivity index (χ3v) is 4.57. The summed E-state index contributed by atoms with van der Waals surface area (Å²) in [5.74, 6) is 2.20. The lowest BCUT2D eigenvalue weighted by Gasteiger charge is -2.59. The normalized spacial score (nSPS) is 39.0. The van der Waals surface area contributed by atoms with Crippen LogP contribution in [0.25, 0.3) is 0 Å². The fourth-order valence-electron chi connectivity index (χ4n) is 3.36. The lowest BCUT2D eigenvalue weighted by molar-refractivity contribution is -0.155. The van der Waals surface area contributed by atoms with Crippen LogP contribution in [0.5, 0.6) is 0 Å². The second-order valence-corrected chi connectivity index (χ2v) is 5.50. The quantitative estimate of drug-likeness (QED) is 0.627. The summed E-state index contributed by atoms with van der Waals surface area (Å²) in [6, 6.07) is 0. The molecule has 78 valence electrons. The summed E-state index contributed by atoms with van der Waals surface area (Å²) < 4.78 is 0. The highest BCUT2D eigenvalue weighted by Gasteiger charge is 2.56. The average Bonchev–Trinajstić information content (AvgIpc) is 2.15. The summed E-state index contributed by atoms with van der Waals surface area (Å²) in [7, 11) is 0.